The van der Waals surface area contributed by atoms with Gasteiger partial charge in [0.15, 0.2) is 0 Å². The normalized spacial score (nSPS) is 14.5. The zero-order valence-electron chi connectivity index (χ0n) is 8.55. The fraction of sp³-hybridized carbons (Fsp3) is 0.500. The summed E-state index contributed by atoms with van der Waals surface area (Å²) in [7, 11) is 0. The second-order valence-electron chi connectivity index (χ2n) is 4.08. The molecule has 0 amide bonds. The second-order valence-corrected chi connectivity index (χ2v) is 4.08. The van der Waals surface area contributed by atoms with Gasteiger partial charge in [0.1, 0.15) is 5.75 Å². The van der Waals surface area contributed by atoms with Crippen molar-refractivity contribution in [3.05, 3.63) is 28.8 Å². The van der Waals surface area contributed by atoms with Crippen LogP contribution in [-0.4, -0.2) is 6.61 Å². The lowest BCUT2D eigenvalue weighted by Gasteiger charge is -2.10. The van der Waals surface area contributed by atoms with Gasteiger partial charge in [-0.25, -0.2) is 0 Å². The standard InChI is InChI=1S/C12H16O/c1-8(2)11-6-9(3)12-10(7-11)4-5-13-12/h6-8H,4-5H2,1-3H3. The molecule has 0 atom stereocenters. The molecular weight excluding hydrogens is 160 g/mol. The Morgan fingerprint density at radius 2 is 2.08 bits per heavy atom. The van der Waals surface area contributed by atoms with E-state index < -0.39 is 0 Å². The van der Waals surface area contributed by atoms with Gasteiger partial charge in [0.2, 0.25) is 0 Å². The molecule has 0 saturated heterocycles. The van der Waals surface area contributed by atoms with E-state index in [9.17, 15) is 0 Å². The van der Waals surface area contributed by atoms with Gasteiger partial charge in [0.05, 0.1) is 6.61 Å². The molecule has 0 aliphatic carbocycles. The molecule has 0 unspecified atom stereocenters. The first-order chi connectivity index (χ1) is 6.18. The smallest absolute Gasteiger partial charge is 0.125 e. The predicted octanol–water partition coefficient (Wildman–Crippen LogP) is 3.05. The summed E-state index contributed by atoms with van der Waals surface area (Å²) in [6, 6.07) is 4.54. The van der Waals surface area contributed by atoms with Crippen LogP contribution in [0.4, 0.5) is 0 Å². The molecule has 0 fully saturated rings. The van der Waals surface area contributed by atoms with Gasteiger partial charge in [-0.1, -0.05) is 26.0 Å². The number of hydrogen-bond acceptors (Lipinski definition) is 1. The molecule has 1 aliphatic rings. The third-order valence-electron chi connectivity index (χ3n) is 2.66. The number of hydrogen-bond donors (Lipinski definition) is 0. The minimum absolute atomic E-state index is 0.615. The number of ether oxygens (including phenoxy) is 1. The molecule has 1 aromatic rings. The minimum Gasteiger partial charge on any atom is -0.493 e. The van der Waals surface area contributed by atoms with E-state index in [1.165, 1.54) is 16.7 Å². The zero-order valence-corrected chi connectivity index (χ0v) is 8.55. The van der Waals surface area contributed by atoms with Gasteiger partial charge in [-0.2, -0.15) is 0 Å². The van der Waals surface area contributed by atoms with Gasteiger partial charge in [0.25, 0.3) is 0 Å². The Kier molecular flexibility index (Phi) is 2.03. The summed E-state index contributed by atoms with van der Waals surface area (Å²) in [5, 5.41) is 0. The predicted molar refractivity (Wildman–Crippen MR) is 54.5 cm³/mol. The van der Waals surface area contributed by atoms with Crippen molar-refractivity contribution in [2.24, 2.45) is 0 Å². The highest BCUT2D eigenvalue weighted by molar-refractivity contribution is 5.46. The highest BCUT2D eigenvalue weighted by Crippen LogP contribution is 2.32. The molecule has 0 N–H and O–H groups in total. The van der Waals surface area contributed by atoms with Crippen LogP contribution in [0.3, 0.4) is 0 Å². The molecule has 0 spiro atoms. The zero-order chi connectivity index (χ0) is 9.42. The van der Waals surface area contributed by atoms with E-state index in [0.29, 0.717) is 5.92 Å². The Hall–Kier alpha value is -0.980. The third-order valence-corrected chi connectivity index (χ3v) is 2.66. The van der Waals surface area contributed by atoms with Crippen molar-refractivity contribution in [2.45, 2.75) is 33.1 Å². The topological polar surface area (TPSA) is 9.23 Å². The number of aryl methyl sites for hydroxylation is 1. The van der Waals surface area contributed by atoms with Crippen LogP contribution in [0.1, 0.15) is 36.5 Å². The summed E-state index contributed by atoms with van der Waals surface area (Å²) in [5.41, 5.74) is 4.11. The quantitative estimate of drug-likeness (QED) is 0.639. The first kappa shape index (κ1) is 8.61. The van der Waals surface area contributed by atoms with Crippen LogP contribution in [0.5, 0.6) is 5.75 Å². The lowest BCUT2D eigenvalue weighted by atomic mass is 9.97. The van der Waals surface area contributed by atoms with E-state index in [1.807, 2.05) is 0 Å². The molecule has 2 rings (SSSR count). The van der Waals surface area contributed by atoms with Crippen molar-refractivity contribution in [1.29, 1.82) is 0 Å². The average molecular weight is 176 g/mol. The molecule has 1 aromatic carbocycles. The van der Waals surface area contributed by atoms with Gasteiger partial charge in [-0.15, -0.1) is 0 Å². The van der Waals surface area contributed by atoms with Gasteiger partial charge in [-0.3, -0.25) is 0 Å². The van der Waals surface area contributed by atoms with Crippen LogP contribution >= 0.6 is 0 Å². The molecule has 1 heterocycles. The van der Waals surface area contributed by atoms with Crippen LogP contribution in [0.2, 0.25) is 0 Å². The molecule has 0 radical (unpaired) electrons. The molecule has 1 aliphatic heterocycles. The lowest BCUT2D eigenvalue weighted by Crippen LogP contribution is -1.91. The number of benzene rings is 1. The van der Waals surface area contributed by atoms with Crippen LogP contribution < -0.4 is 4.74 Å². The Bertz CT molecular complexity index is 326. The summed E-state index contributed by atoms with van der Waals surface area (Å²) in [4.78, 5) is 0. The molecule has 70 valence electrons. The van der Waals surface area contributed by atoms with E-state index in [-0.39, 0.29) is 0 Å². The number of fused-ring (bicyclic) bond motifs is 1. The maximum Gasteiger partial charge on any atom is 0.125 e. The first-order valence-electron chi connectivity index (χ1n) is 4.94. The Morgan fingerprint density at radius 1 is 1.31 bits per heavy atom. The summed E-state index contributed by atoms with van der Waals surface area (Å²) in [6.45, 7) is 7.46. The van der Waals surface area contributed by atoms with Crippen molar-refractivity contribution in [1.82, 2.24) is 0 Å². The summed E-state index contributed by atoms with van der Waals surface area (Å²) < 4.78 is 5.56. The summed E-state index contributed by atoms with van der Waals surface area (Å²) in [5.74, 6) is 1.74. The molecule has 0 bridgehead atoms. The molecule has 0 saturated carbocycles. The maximum atomic E-state index is 5.56. The molecule has 0 aromatic heterocycles. The van der Waals surface area contributed by atoms with Gasteiger partial charge < -0.3 is 4.74 Å². The fourth-order valence-electron chi connectivity index (χ4n) is 1.87. The summed E-state index contributed by atoms with van der Waals surface area (Å²) >= 11 is 0. The highest BCUT2D eigenvalue weighted by atomic mass is 16.5. The monoisotopic (exact) mass is 176 g/mol. The van der Waals surface area contributed by atoms with E-state index in [4.69, 9.17) is 4.74 Å². The van der Waals surface area contributed by atoms with E-state index in [1.54, 1.807) is 0 Å². The van der Waals surface area contributed by atoms with E-state index >= 15 is 0 Å². The van der Waals surface area contributed by atoms with Crippen LogP contribution in [0, 0.1) is 6.92 Å². The van der Waals surface area contributed by atoms with E-state index in [2.05, 4.69) is 32.9 Å². The minimum atomic E-state index is 0.615. The lowest BCUT2D eigenvalue weighted by molar-refractivity contribution is 0.354. The first-order valence-corrected chi connectivity index (χ1v) is 4.94. The largest absolute Gasteiger partial charge is 0.493 e. The van der Waals surface area contributed by atoms with Crippen molar-refractivity contribution in [2.75, 3.05) is 6.61 Å². The van der Waals surface area contributed by atoms with Gasteiger partial charge >= 0.3 is 0 Å². The van der Waals surface area contributed by atoms with Crippen molar-refractivity contribution >= 4 is 0 Å². The average Bonchev–Trinajstić information content (AvgIpc) is 2.51. The Balaban J connectivity index is 2.49. The van der Waals surface area contributed by atoms with Gasteiger partial charge in [0, 0.05) is 6.42 Å². The second kappa shape index (κ2) is 3.06. The Morgan fingerprint density at radius 3 is 2.77 bits per heavy atom. The van der Waals surface area contributed by atoms with Crippen molar-refractivity contribution in [3.63, 3.8) is 0 Å². The van der Waals surface area contributed by atoms with Gasteiger partial charge in [-0.05, 0) is 29.5 Å². The van der Waals surface area contributed by atoms with E-state index in [0.717, 1.165) is 18.8 Å². The van der Waals surface area contributed by atoms with Crippen LogP contribution in [-0.2, 0) is 6.42 Å². The SMILES string of the molecule is Cc1cc(C(C)C)cc2c1OCC2. The fourth-order valence-corrected chi connectivity index (χ4v) is 1.87. The number of rotatable bonds is 1. The molecule has 13 heavy (non-hydrogen) atoms. The Labute approximate surface area is 79.7 Å². The molecular formula is C12H16O. The van der Waals surface area contributed by atoms with Crippen molar-refractivity contribution < 1.29 is 4.74 Å². The maximum absolute atomic E-state index is 5.56. The van der Waals surface area contributed by atoms with Crippen molar-refractivity contribution in [3.8, 4) is 5.75 Å². The third kappa shape index (κ3) is 1.43. The molecule has 1 heteroatoms. The summed E-state index contributed by atoms with van der Waals surface area (Å²) in [6.07, 6.45) is 1.08. The van der Waals surface area contributed by atoms with Crippen LogP contribution in [0.15, 0.2) is 12.1 Å². The molecule has 1 nitrogen and oxygen atoms in total. The highest BCUT2D eigenvalue weighted by Gasteiger charge is 2.16. The van der Waals surface area contributed by atoms with Crippen LogP contribution in [0.25, 0.3) is 0 Å².